The predicted octanol–water partition coefficient (Wildman–Crippen LogP) is 2.27. The van der Waals surface area contributed by atoms with E-state index >= 15 is 0 Å². The Morgan fingerprint density at radius 2 is 2.05 bits per heavy atom. The topological polar surface area (TPSA) is 46.2 Å². The number of hydrogen-bond donors (Lipinski definition) is 1. The van der Waals surface area contributed by atoms with E-state index in [2.05, 4.69) is 31.3 Å². The van der Waals surface area contributed by atoms with E-state index in [-0.39, 0.29) is 5.41 Å². The minimum atomic E-state index is -2.84. The van der Waals surface area contributed by atoms with E-state index in [0.29, 0.717) is 11.5 Å². The van der Waals surface area contributed by atoms with Crippen molar-refractivity contribution in [3.05, 3.63) is 21.9 Å². The molecule has 1 aliphatic heterocycles. The first-order valence-electron chi connectivity index (χ1n) is 6.97. The molecule has 19 heavy (non-hydrogen) atoms. The molecule has 1 N–H and O–H groups in total. The van der Waals surface area contributed by atoms with E-state index in [1.807, 2.05) is 11.3 Å². The summed E-state index contributed by atoms with van der Waals surface area (Å²) in [5, 5.41) is 3.35. The summed E-state index contributed by atoms with van der Waals surface area (Å²) in [4.78, 5) is 2.71. The summed E-state index contributed by atoms with van der Waals surface area (Å²) < 4.78 is 23.7. The lowest BCUT2D eigenvalue weighted by Crippen LogP contribution is -2.37. The van der Waals surface area contributed by atoms with E-state index in [1.54, 1.807) is 0 Å². The van der Waals surface area contributed by atoms with Crippen LogP contribution in [-0.4, -0.2) is 33.0 Å². The fourth-order valence-electron chi connectivity index (χ4n) is 2.79. The van der Waals surface area contributed by atoms with Crippen molar-refractivity contribution >= 4 is 21.2 Å². The van der Waals surface area contributed by atoms with Crippen LogP contribution in [0.4, 0.5) is 0 Å². The molecular weight excluding hydrogens is 278 g/mol. The molecule has 3 nitrogen and oxygen atoms in total. The Labute approximate surface area is 120 Å². The van der Waals surface area contributed by atoms with Crippen LogP contribution in [0.5, 0.6) is 0 Å². The second-order valence-electron chi connectivity index (χ2n) is 5.52. The van der Waals surface area contributed by atoms with Gasteiger partial charge in [-0.2, -0.15) is 0 Å². The van der Waals surface area contributed by atoms with Gasteiger partial charge in [-0.1, -0.05) is 13.8 Å². The Morgan fingerprint density at radius 1 is 1.32 bits per heavy atom. The molecule has 1 fully saturated rings. The third kappa shape index (κ3) is 3.80. The molecule has 1 aromatic rings. The van der Waals surface area contributed by atoms with Crippen molar-refractivity contribution in [3.63, 3.8) is 0 Å². The van der Waals surface area contributed by atoms with E-state index in [1.165, 1.54) is 9.75 Å². The van der Waals surface area contributed by atoms with Crippen LogP contribution in [0.2, 0.25) is 0 Å². The average Bonchev–Trinajstić information content (AvgIpc) is 2.92. The lowest BCUT2D eigenvalue weighted by Gasteiger charge is -2.27. The van der Waals surface area contributed by atoms with Crippen LogP contribution in [0.1, 0.15) is 30.0 Å². The number of sulfone groups is 1. The molecule has 0 amide bonds. The van der Waals surface area contributed by atoms with Gasteiger partial charge in [-0.25, -0.2) is 8.42 Å². The van der Waals surface area contributed by atoms with E-state index in [4.69, 9.17) is 0 Å². The Morgan fingerprint density at radius 3 is 2.58 bits per heavy atom. The Kier molecular flexibility index (Phi) is 4.69. The van der Waals surface area contributed by atoms with Gasteiger partial charge in [0.15, 0.2) is 9.84 Å². The molecule has 5 heteroatoms. The Bertz CT molecular complexity index is 521. The molecule has 1 aromatic heterocycles. The summed E-state index contributed by atoms with van der Waals surface area (Å²) >= 11 is 1.83. The summed E-state index contributed by atoms with van der Waals surface area (Å²) in [5.74, 6) is 0.691. The van der Waals surface area contributed by atoms with E-state index < -0.39 is 9.84 Å². The highest BCUT2D eigenvalue weighted by Gasteiger charge is 2.42. The number of aryl methyl sites for hydroxylation is 1. The van der Waals surface area contributed by atoms with Crippen LogP contribution in [0.3, 0.4) is 0 Å². The van der Waals surface area contributed by atoms with Crippen LogP contribution in [0, 0.1) is 5.41 Å². The van der Waals surface area contributed by atoms with Gasteiger partial charge in [0, 0.05) is 21.7 Å². The second-order valence-corrected chi connectivity index (χ2v) is 8.96. The van der Waals surface area contributed by atoms with Crippen molar-refractivity contribution in [1.29, 1.82) is 0 Å². The lowest BCUT2D eigenvalue weighted by atomic mass is 9.83. The molecule has 1 unspecified atom stereocenters. The van der Waals surface area contributed by atoms with Gasteiger partial charge in [0.25, 0.3) is 0 Å². The molecule has 1 atom stereocenters. The Balaban J connectivity index is 2.14. The maximum atomic E-state index is 11.8. The molecule has 0 saturated carbocycles. The van der Waals surface area contributed by atoms with Crippen molar-refractivity contribution in [2.45, 2.75) is 33.1 Å². The molecule has 2 rings (SSSR count). The summed E-state index contributed by atoms with van der Waals surface area (Å²) in [6.07, 6.45) is 2.74. The fourth-order valence-corrected chi connectivity index (χ4v) is 6.09. The van der Waals surface area contributed by atoms with Gasteiger partial charge in [-0.15, -0.1) is 11.3 Å². The molecular formula is C14H23NO2S2. The maximum absolute atomic E-state index is 11.8. The number of hydrogen-bond acceptors (Lipinski definition) is 4. The fraction of sp³-hybridized carbons (Fsp3) is 0.714. The van der Waals surface area contributed by atoms with Crippen molar-refractivity contribution in [2.75, 3.05) is 24.6 Å². The van der Waals surface area contributed by atoms with Gasteiger partial charge < -0.3 is 5.32 Å². The molecule has 1 aliphatic rings. The lowest BCUT2D eigenvalue weighted by molar-refractivity contribution is 0.316. The van der Waals surface area contributed by atoms with Crippen LogP contribution in [0.25, 0.3) is 0 Å². The van der Waals surface area contributed by atoms with Crippen molar-refractivity contribution in [1.82, 2.24) is 5.32 Å². The van der Waals surface area contributed by atoms with Gasteiger partial charge >= 0.3 is 0 Å². The number of nitrogens with one attached hydrogen (secondary N) is 1. The summed E-state index contributed by atoms with van der Waals surface area (Å²) in [6, 6.07) is 4.34. The summed E-state index contributed by atoms with van der Waals surface area (Å²) in [7, 11) is -2.84. The summed E-state index contributed by atoms with van der Waals surface area (Å²) in [5.41, 5.74) is -0.0926. The highest BCUT2D eigenvalue weighted by atomic mass is 32.2. The zero-order chi connectivity index (χ0) is 13.9. The van der Waals surface area contributed by atoms with Gasteiger partial charge in [-0.05, 0) is 37.9 Å². The van der Waals surface area contributed by atoms with E-state index in [0.717, 1.165) is 32.4 Å². The SMILES string of the molecule is CCNCC1(Cc2ccc(CC)s2)CCS(=O)(=O)C1. The molecule has 0 aliphatic carbocycles. The van der Waals surface area contributed by atoms with Gasteiger partial charge in [0.05, 0.1) is 11.5 Å². The molecule has 1 saturated heterocycles. The van der Waals surface area contributed by atoms with Gasteiger partial charge in [-0.3, -0.25) is 0 Å². The third-order valence-electron chi connectivity index (χ3n) is 3.83. The zero-order valence-electron chi connectivity index (χ0n) is 11.7. The quantitative estimate of drug-likeness (QED) is 0.877. The minimum Gasteiger partial charge on any atom is -0.316 e. The van der Waals surface area contributed by atoms with Crippen LogP contribution >= 0.6 is 11.3 Å². The van der Waals surface area contributed by atoms with Crippen LogP contribution in [-0.2, 0) is 22.7 Å². The van der Waals surface area contributed by atoms with E-state index in [9.17, 15) is 8.42 Å². The molecule has 0 aromatic carbocycles. The molecule has 108 valence electrons. The predicted molar refractivity (Wildman–Crippen MR) is 81.6 cm³/mol. The summed E-state index contributed by atoms with van der Waals surface area (Å²) in [6.45, 7) is 5.93. The van der Waals surface area contributed by atoms with Crippen LogP contribution in [0.15, 0.2) is 12.1 Å². The molecule has 0 spiro atoms. The first kappa shape index (κ1) is 15.0. The highest BCUT2D eigenvalue weighted by Crippen LogP contribution is 2.37. The van der Waals surface area contributed by atoms with Crippen LogP contribution < -0.4 is 5.32 Å². The van der Waals surface area contributed by atoms with Crippen molar-refractivity contribution < 1.29 is 8.42 Å². The Hall–Kier alpha value is -0.390. The van der Waals surface area contributed by atoms with Crippen molar-refractivity contribution in [3.8, 4) is 0 Å². The zero-order valence-corrected chi connectivity index (χ0v) is 13.4. The molecule has 0 bridgehead atoms. The average molecular weight is 301 g/mol. The molecule has 0 radical (unpaired) electrons. The number of rotatable bonds is 6. The van der Waals surface area contributed by atoms with Crippen molar-refractivity contribution in [2.24, 2.45) is 5.41 Å². The first-order chi connectivity index (χ1) is 8.99. The monoisotopic (exact) mass is 301 g/mol. The van der Waals surface area contributed by atoms with Gasteiger partial charge in [0.2, 0.25) is 0 Å². The smallest absolute Gasteiger partial charge is 0.150 e. The highest BCUT2D eigenvalue weighted by molar-refractivity contribution is 7.91. The number of thiophene rings is 1. The largest absolute Gasteiger partial charge is 0.316 e. The van der Waals surface area contributed by atoms with Gasteiger partial charge in [0.1, 0.15) is 0 Å². The minimum absolute atomic E-state index is 0.0926. The standard InChI is InChI=1S/C14H23NO2S2/c1-3-12-5-6-13(18-12)9-14(10-15-4-2)7-8-19(16,17)11-14/h5-6,15H,3-4,7-11H2,1-2H3. The second kappa shape index (κ2) is 5.94. The normalized spacial score (nSPS) is 25.8. The molecule has 2 heterocycles. The maximum Gasteiger partial charge on any atom is 0.150 e. The first-order valence-corrected chi connectivity index (χ1v) is 9.61. The third-order valence-corrected chi connectivity index (χ3v) is 6.94.